The van der Waals surface area contributed by atoms with Gasteiger partial charge in [-0.2, -0.15) is 0 Å². The quantitative estimate of drug-likeness (QED) is 0.381. The van der Waals surface area contributed by atoms with Crippen LogP contribution in [0.15, 0.2) is 39.7 Å². The third kappa shape index (κ3) is 4.32. The molecule has 0 unspecified atom stereocenters. The summed E-state index contributed by atoms with van der Waals surface area (Å²) < 4.78 is 6.07. The minimum Gasteiger partial charge on any atom is -0.504 e. The Balaban J connectivity index is 1.74. The first-order valence-corrected chi connectivity index (χ1v) is 9.17. The first-order valence-electron chi connectivity index (χ1n) is 7.94. The number of carboxylic acids is 1. The van der Waals surface area contributed by atoms with Crippen LogP contribution in [0, 0.1) is 0 Å². The molecule has 1 saturated heterocycles. The molecule has 3 rings (SSSR count). The fourth-order valence-electron chi connectivity index (χ4n) is 2.47. The minimum atomic E-state index is -0.917. The zero-order valence-corrected chi connectivity index (χ0v) is 15.5. The molecule has 140 valence electrons. The van der Waals surface area contributed by atoms with E-state index in [1.165, 1.54) is 17.0 Å². The number of phenols is 2. The van der Waals surface area contributed by atoms with Crippen LogP contribution in [0.25, 0.3) is 17.4 Å². The molecule has 1 amide bonds. The predicted molar refractivity (Wildman–Crippen MR) is 104 cm³/mol. The number of carbonyl (C=O) groups is 2. The molecule has 0 radical (unpaired) electrons. The number of hydrogen-bond acceptors (Lipinski definition) is 7. The summed E-state index contributed by atoms with van der Waals surface area (Å²) in [4.78, 5) is 24.8. The van der Waals surface area contributed by atoms with Crippen LogP contribution >= 0.6 is 24.0 Å². The van der Waals surface area contributed by atoms with Crippen LogP contribution < -0.4 is 0 Å². The smallest absolute Gasteiger partial charge is 0.303 e. The van der Waals surface area contributed by atoms with E-state index in [9.17, 15) is 19.8 Å². The van der Waals surface area contributed by atoms with Crippen LogP contribution in [-0.4, -0.2) is 43.0 Å². The SMILES string of the molecule is O=C(O)CCCN1C(=O)/C(=C\c2ccc(-c3ccc(O)c(O)c3)o2)SC1=S. The minimum absolute atomic E-state index is 0.0306. The molecule has 27 heavy (non-hydrogen) atoms. The van der Waals surface area contributed by atoms with Crippen LogP contribution in [0.5, 0.6) is 11.5 Å². The molecule has 7 nitrogen and oxygen atoms in total. The number of carbonyl (C=O) groups excluding carboxylic acids is 1. The maximum atomic E-state index is 12.5. The Kier molecular flexibility index (Phi) is 5.52. The average molecular weight is 405 g/mol. The lowest BCUT2D eigenvalue weighted by atomic mass is 10.1. The molecular weight excluding hydrogens is 390 g/mol. The van der Waals surface area contributed by atoms with Gasteiger partial charge >= 0.3 is 5.97 Å². The molecule has 1 fully saturated rings. The van der Waals surface area contributed by atoms with Gasteiger partial charge in [-0.05, 0) is 36.8 Å². The van der Waals surface area contributed by atoms with Gasteiger partial charge in [0.15, 0.2) is 11.5 Å². The molecule has 1 aromatic carbocycles. The standard InChI is InChI=1S/C18H15NO6S2/c20-12-5-3-10(8-13(12)21)14-6-4-11(25-14)9-15-17(24)19(18(26)27-15)7-1-2-16(22)23/h3-6,8-9,20-21H,1-2,7H2,(H,22,23)/b15-9+. The van der Waals surface area contributed by atoms with Gasteiger partial charge in [-0.15, -0.1) is 0 Å². The van der Waals surface area contributed by atoms with Crippen molar-refractivity contribution in [2.45, 2.75) is 12.8 Å². The van der Waals surface area contributed by atoms with Crippen LogP contribution in [0.4, 0.5) is 0 Å². The van der Waals surface area contributed by atoms with Gasteiger partial charge in [0.1, 0.15) is 15.8 Å². The largest absolute Gasteiger partial charge is 0.504 e. The molecule has 2 heterocycles. The Morgan fingerprint density at radius 1 is 1.22 bits per heavy atom. The van der Waals surface area contributed by atoms with Gasteiger partial charge in [-0.25, -0.2) is 0 Å². The Bertz CT molecular complexity index is 949. The maximum Gasteiger partial charge on any atom is 0.303 e. The van der Waals surface area contributed by atoms with Crippen molar-refractivity contribution in [1.29, 1.82) is 0 Å². The van der Waals surface area contributed by atoms with E-state index in [0.717, 1.165) is 11.8 Å². The third-order valence-corrected chi connectivity index (χ3v) is 5.18. The lowest BCUT2D eigenvalue weighted by Gasteiger charge is -2.13. The number of aliphatic carboxylic acids is 1. The molecule has 1 aromatic heterocycles. The van der Waals surface area contributed by atoms with E-state index < -0.39 is 5.97 Å². The summed E-state index contributed by atoms with van der Waals surface area (Å²) in [6, 6.07) is 7.69. The lowest BCUT2D eigenvalue weighted by Crippen LogP contribution is -2.29. The van der Waals surface area contributed by atoms with Gasteiger partial charge in [-0.1, -0.05) is 24.0 Å². The van der Waals surface area contributed by atoms with Gasteiger partial charge in [0.25, 0.3) is 5.91 Å². The van der Waals surface area contributed by atoms with E-state index in [1.807, 2.05) is 0 Å². The first kappa shape index (κ1) is 19.0. The van der Waals surface area contributed by atoms with Crippen LogP contribution in [-0.2, 0) is 9.59 Å². The van der Waals surface area contributed by atoms with Gasteiger partial charge in [0.05, 0.1) is 4.91 Å². The highest BCUT2D eigenvalue weighted by Gasteiger charge is 2.31. The van der Waals surface area contributed by atoms with Crippen molar-refractivity contribution in [3.8, 4) is 22.8 Å². The van der Waals surface area contributed by atoms with Gasteiger partial charge < -0.3 is 19.7 Å². The number of amides is 1. The second kappa shape index (κ2) is 7.85. The molecule has 0 saturated carbocycles. The fraction of sp³-hybridized carbons (Fsp3) is 0.167. The van der Waals surface area contributed by atoms with E-state index in [0.29, 0.717) is 32.7 Å². The van der Waals surface area contributed by atoms with E-state index in [-0.39, 0.29) is 30.4 Å². The second-order valence-electron chi connectivity index (χ2n) is 5.74. The lowest BCUT2D eigenvalue weighted by molar-refractivity contribution is -0.137. The Morgan fingerprint density at radius 2 is 2.00 bits per heavy atom. The number of thioether (sulfide) groups is 1. The van der Waals surface area contributed by atoms with Crippen LogP contribution in [0.2, 0.25) is 0 Å². The van der Waals surface area contributed by atoms with Crippen molar-refractivity contribution in [2.75, 3.05) is 6.54 Å². The highest BCUT2D eigenvalue weighted by atomic mass is 32.2. The highest BCUT2D eigenvalue weighted by molar-refractivity contribution is 8.26. The van der Waals surface area contributed by atoms with Gasteiger partial charge in [0, 0.05) is 24.6 Å². The summed E-state index contributed by atoms with van der Waals surface area (Å²) >= 11 is 6.33. The van der Waals surface area contributed by atoms with E-state index in [1.54, 1.807) is 24.3 Å². The molecule has 9 heteroatoms. The number of carboxylic acid groups (broad SMARTS) is 1. The Hall–Kier alpha value is -2.78. The van der Waals surface area contributed by atoms with Gasteiger partial charge in [0.2, 0.25) is 0 Å². The summed E-state index contributed by atoms with van der Waals surface area (Å²) in [5.41, 5.74) is 0.575. The maximum absolute atomic E-state index is 12.5. The Labute approximate surface area is 163 Å². The first-order chi connectivity index (χ1) is 12.8. The number of nitrogens with zero attached hydrogens (tertiary/aromatic N) is 1. The molecule has 0 spiro atoms. The van der Waals surface area contributed by atoms with Crippen molar-refractivity contribution in [1.82, 2.24) is 4.90 Å². The molecule has 1 aliphatic rings. The zero-order chi connectivity index (χ0) is 19.6. The number of aromatic hydroxyl groups is 2. The van der Waals surface area contributed by atoms with Crippen LogP contribution in [0.3, 0.4) is 0 Å². The summed E-state index contributed by atoms with van der Waals surface area (Å²) in [5, 5.41) is 27.7. The molecule has 0 aliphatic carbocycles. The predicted octanol–water partition coefficient (Wildman–Crippen LogP) is 3.42. The molecular formula is C18H15NO6S2. The average Bonchev–Trinajstić information content (AvgIpc) is 3.17. The topological polar surface area (TPSA) is 111 Å². The van der Waals surface area contributed by atoms with E-state index in [4.69, 9.17) is 21.7 Å². The molecule has 3 N–H and O–H groups in total. The summed E-state index contributed by atoms with van der Waals surface area (Å²) in [7, 11) is 0. The Morgan fingerprint density at radius 3 is 2.70 bits per heavy atom. The highest BCUT2D eigenvalue weighted by Crippen LogP contribution is 2.35. The van der Waals surface area contributed by atoms with Crippen molar-refractivity contribution < 1.29 is 29.3 Å². The van der Waals surface area contributed by atoms with Gasteiger partial charge in [-0.3, -0.25) is 14.5 Å². The van der Waals surface area contributed by atoms with Crippen LogP contribution in [0.1, 0.15) is 18.6 Å². The second-order valence-corrected chi connectivity index (χ2v) is 7.41. The number of phenolic OH excluding ortho intramolecular Hbond substituents is 2. The molecule has 0 bridgehead atoms. The number of benzene rings is 1. The van der Waals surface area contributed by atoms with Crippen molar-refractivity contribution in [2.24, 2.45) is 0 Å². The number of furan rings is 1. The van der Waals surface area contributed by atoms with Crippen molar-refractivity contribution in [3.05, 3.63) is 41.0 Å². The molecule has 1 aliphatic heterocycles. The monoisotopic (exact) mass is 405 g/mol. The van der Waals surface area contributed by atoms with E-state index in [2.05, 4.69) is 0 Å². The zero-order valence-electron chi connectivity index (χ0n) is 13.9. The summed E-state index contributed by atoms with van der Waals surface area (Å²) in [6.45, 7) is 0.254. The van der Waals surface area contributed by atoms with Crippen molar-refractivity contribution in [3.63, 3.8) is 0 Å². The van der Waals surface area contributed by atoms with Crippen molar-refractivity contribution >= 4 is 46.3 Å². The van der Waals surface area contributed by atoms with E-state index >= 15 is 0 Å². The molecule has 2 aromatic rings. The number of rotatable bonds is 6. The number of thiocarbonyl (C=S) groups is 1. The summed E-state index contributed by atoms with van der Waals surface area (Å²) in [5.74, 6) is -0.781. The third-order valence-electron chi connectivity index (χ3n) is 3.81. The molecule has 0 atom stereocenters. The fourth-order valence-corrected chi connectivity index (χ4v) is 3.76. The normalized spacial score (nSPS) is 15.7. The summed E-state index contributed by atoms with van der Waals surface area (Å²) in [6.07, 6.45) is 1.86. The number of hydrogen-bond donors (Lipinski definition) is 3.